The van der Waals surface area contributed by atoms with E-state index in [2.05, 4.69) is 392 Å². The Bertz CT molecular complexity index is 7880. The fourth-order valence-corrected chi connectivity index (χ4v) is 22.8. The van der Waals surface area contributed by atoms with Crippen molar-refractivity contribution >= 4 is 0 Å². The van der Waals surface area contributed by atoms with Gasteiger partial charge in [0, 0.05) is 40.7 Å². The molecule has 3 aromatic heterocycles. The van der Waals surface area contributed by atoms with Crippen molar-refractivity contribution in [3.8, 4) is 112 Å². The van der Waals surface area contributed by atoms with Crippen LogP contribution in [-0.2, 0) is 21.7 Å². The van der Waals surface area contributed by atoms with Gasteiger partial charge in [-0.2, -0.15) is 0 Å². The molecule has 686 valence electrons. The first kappa shape index (κ1) is 91.6. The van der Waals surface area contributed by atoms with Gasteiger partial charge in [-0.15, -0.1) is 0 Å². The number of aromatic nitrogens is 3. The van der Waals surface area contributed by atoms with Crippen LogP contribution in [0.3, 0.4) is 0 Å². The molecule has 3 heterocycles. The van der Waals surface area contributed by atoms with Crippen LogP contribution in [0.2, 0.25) is 0 Å². The van der Waals surface area contributed by atoms with Gasteiger partial charge < -0.3 is 0 Å². The van der Waals surface area contributed by atoms with Gasteiger partial charge in [0.2, 0.25) is 0 Å². The maximum absolute atomic E-state index is 14.5. The van der Waals surface area contributed by atoms with Crippen LogP contribution in [0, 0.1) is 65.9 Å². The number of benzene rings is 18. The monoisotopic (exact) mass is 1840 g/mol. The van der Waals surface area contributed by atoms with E-state index in [1.807, 2.05) is 129 Å². The van der Waals surface area contributed by atoms with E-state index in [4.69, 9.17) is 0 Å². The van der Waals surface area contributed by atoms with E-state index in [1.54, 1.807) is 36.4 Å². The number of hydrogen-bond donors (Lipinski definition) is 0. The van der Waals surface area contributed by atoms with Crippen molar-refractivity contribution in [1.82, 2.24) is 15.0 Å². The Kier molecular flexibility index (Phi) is 24.9. The van der Waals surface area contributed by atoms with Gasteiger partial charge in [-0.25, -0.2) is 13.2 Å². The van der Waals surface area contributed by atoms with Gasteiger partial charge in [-0.3, -0.25) is 15.0 Å². The SMILES string of the molecule is Cc1ccc(-c2ccccc2)nc1.Cc1ccc2c(c1)C(C)(C)c1cc(F)ccc1-2.Cc1ccc2c(c1)C(c1ccccc1)(c1ccccc1)c1cc(F)ccc1-2.Cc1ccc2c(c1)C1(c3ccccc3-c3ccccc31)c1cc(F)ccc1-2.Cc1ccccc1-c1cccc2c1C1(c3ccccc3-c3ccccc31)c1ccccc1-2.Cc1cccnc1-c1ccccc1.Cc1ccnc(-c2ccccc2)c1. The molecule has 0 amide bonds. The molecule has 3 nitrogen and oxygen atoms in total. The van der Waals surface area contributed by atoms with Gasteiger partial charge in [0.25, 0.3) is 0 Å². The minimum absolute atomic E-state index is 0.0984. The quantitative estimate of drug-likeness (QED) is 0.167. The summed E-state index contributed by atoms with van der Waals surface area (Å²) in [7, 11) is 0. The van der Waals surface area contributed by atoms with Gasteiger partial charge in [-0.05, 0) is 287 Å². The van der Waals surface area contributed by atoms with E-state index in [9.17, 15) is 13.2 Å². The van der Waals surface area contributed by atoms with Crippen molar-refractivity contribution < 1.29 is 13.2 Å². The second-order valence-electron chi connectivity index (χ2n) is 38.3. The van der Waals surface area contributed by atoms with E-state index in [0.29, 0.717) is 0 Å². The van der Waals surface area contributed by atoms with Gasteiger partial charge >= 0.3 is 0 Å². The molecule has 0 unspecified atom stereocenters. The minimum Gasteiger partial charge on any atom is -0.256 e. The Hall–Kier alpha value is -16.8. The van der Waals surface area contributed by atoms with E-state index in [0.717, 1.165) is 56.0 Å². The molecule has 0 saturated heterocycles. The number of pyridine rings is 3. The van der Waals surface area contributed by atoms with E-state index in [1.165, 1.54) is 172 Å². The van der Waals surface area contributed by atoms with Crippen LogP contribution < -0.4 is 0 Å². The lowest BCUT2D eigenvalue weighted by Gasteiger charge is -2.34. The molecule has 142 heavy (non-hydrogen) atoms. The highest BCUT2D eigenvalue weighted by Gasteiger charge is 2.55. The lowest BCUT2D eigenvalue weighted by atomic mass is 9.67. The third-order valence-electron chi connectivity index (χ3n) is 29.1. The van der Waals surface area contributed by atoms with Crippen LogP contribution in [-0.4, -0.2) is 15.0 Å². The highest BCUT2D eigenvalue weighted by Crippen LogP contribution is 2.67. The maximum atomic E-state index is 14.5. The average Bonchev–Trinajstić information content (AvgIpc) is 1.51. The highest BCUT2D eigenvalue weighted by atomic mass is 19.1. The van der Waals surface area contributed by atoms with Crippen LogP contribution in [0.25, 0.3) is 112 Å². The lowest BCUT2D eigenvalue weighted by Crippen LogP contribution is -2.28. The molecule has 6 aliphatic carbocycles. The molecule has 0 atom stereocenters. The summed E-state index contributed by atoms with van der Waals surface area (Å²) < 4.78 is 42.3. The molecular formula is C136H106F3N3. The molecule has 0 aliphatic heterocycles. The first-order valence-electron chi connectivity index (χ1n) is 48.8. The van der Waals surface area contributed by atoms with Gasteiger partial charge in [0.15, 0.2) is 0 Å². The zero-order valence-corrected chi connectivity index (χ0v) is 81.1. The smallest absolute Gasteiger partial charge is 0.123 e. The van der Waals surface area contributed by atoms with E-state index >= 15 is 0 Å². The van der Waals surface area contributed by atoms with E-state index in [-0.39, 0.29) is 28.3 Å². The molecule has 18 aromatic carbocycles. The Labute approximate surface area is 831 Å². The number of halogens is 3. The lowest BCUT2D eigenvalue weighted by molar-refractivity contribution is 0.609. The topological polar surface area (TPSA) is 38.7 Å². The van der Waals surface area contributed by atoms with E-state index < -0.39 is 10.8 Å². The fraction of sp³-hybridized carbons (Fsp3) is 0.0956. The zero-order valence-electron chi connectivity index (χ0n) is 81.1. The predicted octanol–water partition coefficient (Wildman–Crippen LogP) is 34.6. The van der Waals surface area contributed by atoms with Crippen molar-refractivity contribution in [2.45, 2.75) is 84.0 Å². The second kappa shape index (κ2) is 38.5. The third-order valence-corrected chi connectivity index (χ3v) is 29.1. The van der Waals surface area contributed by atoms with Crippen molar-refractivity contribution in [3.63, 3.8) is 0 Å². The number of nitrogens with zero attached hydrogens (tertiary/aromatic N) is 3. The summed E-state index contributed by atoms with van der Waals surface area (Å²) in [6, 6.07) is 159. The number of aryl methyl sites for hydroxylation is 7. The third kappa shape index (κ3) is 16.3. The second-order valence-corrected chi connectivity index (χ2v) is 38.3. The van der Waals surface area contributed by atoms with Crippen molar-refractivity contribution in [2.75, 3.05) is 0 Å². The zero-order chi connectivity index (χ0) is 97.4. The Morgan fingerprint density at radius 2 is 0.507 bits per heavy atom. The molecule has 21 aromatic rings. The molecule has 27 rings (SSSR count). The number of rotatable bonds is 6. The summed E-state index contributed by atoms with van der Waals surface area (Å²) in [5, 5.41) is 0. The molecule has 0 saturated carbocycles. The molecule has 0 bridgehead atoms. The average molecular weight is 1840 g/mol. The van der Waals surface area contributed by atoms with Crippen molar-refractivity contribution in [1.29, 1.82) is 0 Å². The molecule has 6 aliphatic rings. The van der Waals surface area contributed by atoms with Crippen molar-refractivity contribution in [3.05, 3.63) is 614 Å². The molecule has 0 N–H and O–H groups in total. The molecular weight excluding hydrogens is 1730 g/mol. The summed E-state index contributed by atoms with van der Waals surface area (Å²) >= 11 is 0. The first-order chi connectivity index (χ1) is 69.3. The van der Waals surface area contributed by atoms with Crippen LogP contribution in [0.15, 0.2) is 480 Å². The standard InChI is InChI=1S/C32H22.C26H17F.C26H19F.C16H15F.3C12H11N/c1-21-11-2-3-12-22(21)26-16-10-17-27-25-15-6-9-20-30(25)32(31(26)27)28-18-7-4-13-23(28)24-14-5-8-19-29(24)32;1-16-10-12-20-21-13-11-17(27)15-25(21)26(24(20)14-16)22-8-4-2-6-18(22)19-7-3-5-9-23(19)26;1-18-12-14-22-23-15-13-21(27)17-25(23)26(24(22)16-18,19-8-4-2-5-9-19)20-10-6-3-7-11-20;1-10-4-6-12-13-7-5-11(17)9-15(13)16(2,3)14(12)8-10;1-10-6-5-9-13-12(10)11-7-3-2-4-8-11;1-10-7-8-13-12(9-10)11-5-3-2-4-6-11;1-10-7-8-12(13-9-10)11-5-3-2-4-6-11/h2-20H,1H3;2-15H,1H3;2-17H,1H3;4-9H,1-3H3;3*2-9H,1H3. The summed E-state index contributed by atoms with van der Waals surface area (Å²) in [6.45, 7) is 19.1. The Balaban J connectivity index is 0.000000101. The summed E-state index contributed by atoms with van der Waals surface area (Å²) in [6.07, 6.45) is 5.56. The highest BCUT2D eigenvalue weighted by molar-refractivity contribution is 6.00. The van der Waals surface area contributed by atoms with Crippen LogP contribution in [0.5, 0.6) is 0 Å². The van der Waals surface area contributed by atoms with Gasteiger partial charge in [-0.1, -0.05) is 431 Å². The van der Waals surface area contributed by atoms with Crippen molar-refractivity contribution in [2.24, 2.45) is 0 Å². The predicted molar refractivity (Wildman–Crippen MR) is 581 cm³/mol. The molecule has 2 spiro atoms. The maximum Gasteiger partial charge on any atom is 0.123 e. The van der Waals surface area contributed by atoms with Crippen LogP contribution >= 0.6 is 0 Å². The molecule has 0 fully saturated rings. The normalized spacial score (nSPS) is 13.2. The minimum atomic E-state index is -0.513. The largest absolute Gasteiger partial charge is 0.256 e. The Morgan fingerprint density at radius 1 is 0.190 bits per heavy atom. The number of hydrogen-bond acceptors (Lipinski definition) is 3. The van der Waals surface area contributed by atoms with Gasteiger partial charge in [0.05, 0.1) is 33.3 Å². The summed E-state index contributed by atoms with van der Waals surface area (Å²) in [5.74, 6) is -0.532. The number of fused-ring (bicyclic) bond motifs is 26. The Morgan fingerprint density at radius 3 is 0.951 bits per heavy atom. The van der Waals surface area contributed by atoms with Crippen LogP contribution in [0.1, 0.15) is 131 Å². The first-order valence-corrected chi connectivity index (χ1v) is 48.8. The fourth-order valence-electron chi connectivity index (χ4n) is 22.8. The van der Waals surface area contributed by atoms with Crippen LogP contribution in [0.4, 0.5) is 13.2 Å². The summed E-state index contributed by atoms with van der Waals surface area (Å²) in [4.78, 5) is 13.0. The molecule has 0 radical (unpaired) electrons. The molecule has 6 heteroatoms. The van der Waals surface area contributed by atoms with Gasteiger partial charge in [0.1, 0.15) is 17.5 Å². The summed E-state index contributed by atoms with van der Waals surface area (Å²) in [5.41, 5.74) is 49.0.